The van der Waals surface area contributed by atoms with Crippen LogP contribution >= 0.6 is 0 Å². The molecule has 106 valence electrons. The molecule has 0 spiro atoms. The summed E-state index contributed by atoms with van der Waals surface area (Å²) in [6.45, 7) is 12.3. The second-order valence-corrected chi connectivity index (χ2v) is 5.33. The first kappa shape index (κ1) is 15.4. The third-order valence-corrected chi connectivity index (χ3v) is 3.87. The first-order valence-electron chi connectivity index (χ1n) is 7.38. The van der Waals surface area contributed by atoms with E-state index in [1.54, 1.807) is 0 Å². The van der Waals surface area contributed by atoms with Gasteiger partial charge in [-0.3, -0.25) is 4.79 Å². The topological polar surface area (TPSA) is 44.4 Å². The molecule has 1 amide bonds. The van der Waals surface area contributed by atoms with Gasteiger partial charge in [-0.05, 0) is 44.9 Å². The van der Waals surface area contributed by atoms with Gasteiger partial charge in [0.2, 0.25) is 5.91 Å². The van der Waals surface area contributed by atoms with E-state index >= 15 is 0 Å². The summed E-state index contributed by atoms with van der Waals surface area (Å²) in [7, 11) is 0. The van der Waals surface area contributed by atoms with Crippen LogP contribution in [-0.4, -0.2) is 50.1 Å². The molecule has 4 nitrogen and oxygen atoms in total. The van der Waals surface area contributed by atoms with E-state index in [0.29, 0.717) is 5.92 Å². The summed E-state index contributed by atoms with van der Waals surface area (Å²) in [5.41, 5.74) is 0. The first-order valence-corrected chi connectivity index (χ1v) is 7.38. The van der Waals surface area contributed by atoms with E-state index in [1.165, 1.54) is 25.9 Å². The van der Waals surface area contributed by atoms with Crippen molar-refractivity contribution in [1.29, 1.82) is 0 Å². The number of carbonyl (C=O) groups excluding carboxylic acids is 1. The maximum Gasteiger partial charge on any atom is 0.224 e. The smallest absolute Gasteiger partial charge is 0.224 e. The van der Waals surface area contributed by atoms with Crippen LogP contribution in [0.4, 0.5) is 0 Å². The molecule has 1 saturated heterocycles. The maximum atomic E-state index is 11.9. The SMILES string of the molecule is CCNCC(C)C(=O)NCC1CCN(CC)CC1. The van der Waals surface area contributed by atoms with E-state index in [0.717, 1.165) is 26.2 Å². The van der Waals surface area contributed by atoms with Crippen LogP contribution in [0.1, 0.15) is 33.6 Å². The predicted molar refractivity (Wildman–Crippen MR) is 75.6 cm³/mol. The summed E-state index contributed by atoms with van der Waals surface area (Å²) in [6, 6.07) is 0. The summed E-state index contributed by atoms with van der Waals surface area (Å²) in [5.74, 6) is 0.928. The minimum atomic E-state index is 0.0701. The number of hydrogen-bond acceptors (Lipinski definition) is 3. The number of likely N-dealkylation sites (tertiary alicyclic amines) is 1. The van der Waals surface area contributed by atoms with Crippen LogP contribution in [0.15, 0.2) is 0 Å². The van der Waals surface area contributed by atoms with Crippen molar-refractivity contribution in [2.75, 3.05) is 39.3 Å². The van der Waals surface area contributed by atoms with E-state index in [1.807, 2.05) is 6.92 Å². The van der Waals surface area contributed by atoms with Crippen LogP contribution in [-0.2, 0) is 4.79 Å². The molecule has 2 N–H and O–H groups in total. The Hall–Kier alpha value is -0.610. The minimum Gasteiger partial charge on any atom is -0.356 e. The van der Waals surface area contributed by atoms with Gasteiger partial charge in [0.05, 0.1) is 0 Å². The van der Waals surface area contributed by atoms with E-state index in [4.69, 9.17) is 0 Å². The van der Waals surface area contributed by atoms with Crippen LogP contribution in [0.2, 0.25) is 0 Å². The Labute approximate surface area is 111 Å². The number of hydrogen-bond donors (Lipinski definition) is 2. The van der Waals surface area contributed by atoms with Crippen LogP contribution in [0, 0.1) is 11.8 Å². The molecule has 0 bridgehead atoms. The summed E-state index contributed by atoms with van der Waals surface area (Å²) in [4.78, 5) is 14.3. The fourth-order valence-corrected chi connectivity index (χ4v) is 2.38. The van der Waals surface area contributed by atoms with Gasteiger partial charge >= 0.3 is 0 Å². The van der Waals surface area contributed by atoms with Gasteiger partial charge < -0.3 is 15.5 Å². The van der Waals surface area contributed by atoms with Crippen LogP contribution in [0.25, 0.3) is 0 Å². The van der Waals surface area contributed by atoms with E-state index in [-0.39, 0.29) is 11.8 Å². The molecule has 1 atom stereocenters. The lowest BCUT2D eigenvalue weighted by molar-refractivity contribution is -0.124. The highest BCUT2D eigenvalue weighted by Gasteiger charge is 2.19. The molecule has 1 unspecified atom stereocenters. The Morgan fingerprint density at radius 2 is 2.00 bits per heavy atom. The number of amides is 1. The monoisotopic (exact) mass is 255 g/mol. The molecule has 0 aromatic rings. The van der Waals surface area contributed by atoms with Gasteiger partial charge in [0.25, 0.3) is 0 Å². The number of carbonyl (C=O) groups is 1. The Bertz CT molecular complexity index is 237. The lowest BCUT2D eigenvalue weighted by atomic mass is 9.96. The van der Waals surface area contributed by atoms with Crippen molar-refractivity contribution in [3.05, 3.63) is 0 Å². The van der Waals surface area contributed by atoms with Crippen molar-refractivity contribution < 1.29 is 4.79 Å². The summed E-state index contributed by atoms with van der Waals surface area (Å²) < 4.78 is 0. The Kier molecular flexibility index (Phi) is 7.28. The fourth-order valence-electron chi connectivity index (χ4n) is 2.38. The minimum absolute atomic E-state index is 0.0701. The summed E-state index contributed by atoms with van der Waals surface area (Å²) >= 11 is 0. The fraction of sp³-hybridized carbons (Fsp3) is 0.929. The first-order chi connectivity index (χ1) is 8.67. The highest BCUT2D eigenvalue weighted by Crippen LogP contribution is 2.15. The molecule has 18 heavy (non-hydrogen) atoms. The molecule has 1 rings (SSSR count). The number of rotatable bonds is 7. The lowest BCUT2D eigenvalue weighted by Gasteiger charge is -2.31. The molecule has 1 aliphatic rings. The second-order valence-electron chi connectivity index (χ2n) is 5.33. The molecular formula is C14H29N3O. The molecule has 0 radical (unpaired) electrons. The van der Waals surface area contributed by atoms with Crippen LogP contribution in [0.3, 0.4) is 0 Å². The van der Waals surface area contributed by atoms with Crippen molar-refractivity contribution in [2.45, 2.75) is 33.6 Å². The zero-order chi connectivity index (χ0) is 13.4. The highest BCUT2D eigenvalue weighted by atomic mass is 16.1. The number of piperidine rings is 1. The van der Waals surface area contributed by atoms with Gasteiger partial charge in [-0.15, -0.1) is 0 Å². The molecular weight excluding hydrogens is 226 g/mol. The Balaban J connectivity index is 2.15. The Morgan fingerprint density at radius 1 is 1.33 bits per heavy atom. The van der Waals surface area contributed by atoms with Crippen LogP contribution < -0.4 is 10.6 Å². The molecule has 1 fully saturated rings. The third kappa shape index (κ3) is 5.36. The Morgan fingerprint density at radius 3 is 2.56 bits per heavy atom. The van der Waals surface area contributed by atoms with Gasteiger partial charge in [0, 0.05) is 19.0 Å². The third-order valence-electron chi connectivity index (χ3n) is 3.87. The molecule has 0 aromatic heterocycles. The van der Waals surface area contributed by atoms with Gasteiger partial charge in [-0.2, -0.15) is 0 Å². The normalized spacial score (nSPS) is 19.7. The van der Waals surface area contributed by atoms with Crippen molar-refractivity contribution in [3.8, 4) is 0 Å². The van der Waals surface area contributed by atoms with Crippen molar-refractivity contribution >= 4 is 5.91 Å². The van der Waals surface area contributed by atoms with Gasteiger partial charge in [0.1, 0.15) is 0 Å². The molecule has 1 heterocycles. The number of nitrogens with zero attached hydrogens (tertiary/aromatic N) is 1. The van der Waals surface area contributed by atoms with Crippen molar-refractivity contribution in [2.24, 2.45) is 11.8 Å². The number of nitrogens with one attached hydrogen (secondary N) is 2. The van der Waals surface area contributed by atoms with E-state index in [9.17, 15) is 4.79 Å². The predicted octanol–water partition coefficient (Wildman–Crippen LogP) is 1.08. The molecule has 0 saturated carbocycles. The van der Waals surface area contributed by atoms with Gasteiger partial charge in [-0.1, -0.05) is 20.8 Å². The maximum absolute atomic E-state index is 11.9. The zero-order valence-corrected chi connectivity index (χ0v) is 12.2. The quantitative estimate of drug-likeness (QED) is 0.715. The molecule has 0 aromatic carbocycles. The second kappa shape index (κ2) is 8.48. The zero-order valence-electron chi connectivity index (χ0n) is 12.2. The standard InChI is InChI=1S/C14H29N3O/c1-4-15-10-12(3)14(18)16-11-13-6-8-17(5-2)9-7-13/h12-13,15H,4-11H2,1-3H3,(H,16,18). The summed E-state index contributed by atoms with van der Waals surface area (Å²) in [5, 5.41) is 6.31. The summed E-state index contributed by atoms with van der Waals surface area (Å²) in [6.07, 6.45) is 2.44. The van der Waals surface area contributed by atoms with Gasteiger partial charge in [-0.25, -0.2) is 0 Å². The largest absolute Gasteiger partial charge is 0.356 e. The van der Waals surface area contributed by atoms with E-state index < -0.39 is 0 Å². The van der Waals surface area contributed by atoms with Gasteiger partial charge in [0.15, 0.2) is 0 Å². The highest BCUT2D eigenvalue weighted by molar-refractivity contribution is 5.78. The van der Waals surface area contributed by atoms with E-state index in [2.05, 4.69) is 29.4 Å². The molecule has 0 aliphatic carbocycles. The molecule has 4 heteroatoms. The van der Waals surface area contributed by atoms with Crippen molar-refractivity contribution in [3.63, 3.8) is 0 Å². The van der Waals surface area contributed by atoms with Crippen LogP contribution in [0.5, 0.6) is 0 Å². The average Bonchev–Trinajstić information content (AvgIpc) is 2.42. The molecule has 1 aliphatic heterocycles. The average molecular weight is 255 g/mol. The lowest BCUT2D eigenvalue weighted by Crippen LogP contribution is -2.41. The van der Waals surface area contributed by atoms with Crippen molar-refractivity contribution in [1.82, 2.24) is 15.5 Å².